The average molecular weight is 148 g/mol. The van der Waals surface area contributed by atoms with Crippen molar-refractivity contribution in [3.05, 3.63) is 0 Å². The molecule has 0 spiro atoms. The summed E-state index contributed by atoms with van der Waals surface area (Å²) in [5.74, 6) is -0.0579. The fourth-order valence-electron chi connectivity index (χ4n) is 0.739. The van der Waals surface area contributed by atoms with Crippen LogP contribution in [-0.2, 0) is 4.74 Å². The Bertz CT molecular complexity index is 99.4. The highest BCUT2D eigenvalue weighted by Crippen LogP contribution is 2.24. The van der Waals surface area contributed by atoms with E-state index in [9.17, 15) is 4.39 Å². The van der Waals surface area contributed by atoms with E-state index in [1.807, 2.05) is 20.8 Å². The molecule has 0 saturated heterocycles. The minimum Gasteiger partial charge on any atom is -0.378 e. The van der Waals surface area contributed by atoms with E-state index < -0.39 is 6.17 Å². The van der Waals surface area contributed by atoms with Gasteiger partial charge in [-0.15, -0.1) is 0 Å². The van der Waals surface area contributed by atoms with Crippen LogP contribution >= 0.6 is 0 Å². The molecule has 2 atom stereocenters. The molecule has 0 N–H and O–H groups in total. The van der Waals surface area contributed by atoms with Crippen molar-refractivity contribution < 1.29 is 9.13 Å². The highest BCUT2D eigenvalue weighted by atomic mass is 19.1. The SMILES string of the molecule is COC(C)(C)C(C)C(C)F. The van der Waals surface area contributed by atoms with E-state index in [1.165, 1.54) is 0 Å². The van der Waals surface area contributed by atoms with Crippen LogP contribution in [0.15, 0.2) is 0 Å². The second kappa shape index (κ2) is 3.33. The molecule has 0 aromatic carbocycles. The zero-order valence-electron chi connectivity index (χ0n) is 7.44. The molecule has 2 unspecified atom stereocenters. The van der Waals surface area contributed by atoms with Gasteiger partial charge in [-0.25, -0.2) is 4.39 Å². The third kappa shape index (κ3) is 2.25. The zero-order valence-corrected chi connectivity index (χ0v) is 7.44. The van der Waals surface area contributed by atoms with Gasteiger partial charge in [0, 0.05) is 13.0 Å². The maximum Gasteiger partial charge on any atom is 0.103 e. The smallest absolute Gasteiger partial charge is 0.103 e. The van der Waals surface area contributed by atoms with Crippen LogP contribution in [0.5, 0.6) is 0 Å². The largest absolute Gasteiger partial charge is 0.378 e. The molecule has 0 aliphatic rings. The van der Waals surface area contributed by atoms with Gasteiger partial charge in [0.25, 0.3) is 0 Å². The predicted octanol–water partition coefficient (Wildman–Crippen LogP) is 2.41. The first kappa shape index (κ1) is 9.89. The number of hydrogen-bond acceptors (Lipinski definition) is 1. The summed E-state index contributed by atoms with van der Waals surface area (Å²) in [6.45, 7) is 7.21. The first-order valence-electron chi connectivity index (χ1n) is 3.61. The Kier molecular flexibility index (Phi) is 3.29. The van der Waals surface area contributed by atoms with Crippen molar-refractivity contribution in [2.24, 2.45) is 5.92 Å². The molecule has 0 aromatic rings. The Labute approximate surface area is 62.6 Å². The van der Waals surface area contributed by atoms with Gasteiger partial charge in [0.2, 0.25) is 0 Å². The van der Waals surface area contributed by atoms with Crippen LogP contribution < -0.4 is 0 Å². The number of hydrogen-bond donors (Lipinski definition) is 0. The summed E-state index contributed by atoms with van der Waals surface area (Å²) >= 11 is 0. The summed E-state index contributed by atoms with van der Waals surface area (Å²) in [5.41, 5.74) is -0.353. The van der Waals surface area contributed by atoms with Crippen molar-refractivity contribution in [3.63, 3.8) is 0 Å². The first-order chi connectivity index (χ1) is 4.41. The van der Waals surface area contributed by atoms with E-state index in [2.05, 4.69) is 0 Å². The van der Waals surface area contributed by atoms with E-state index in [0.29, 0.717) is 0 Å². The molecule has 0 bridgehead atoms. The molecule has 0 amide bonds. The Morgan fingerprint density at radius 1 is 1.30 bits per heavy atom. The topological polar surface area (TPSA) is 9.23 Å². The van der Waals surface area contributed by atoms with Gasteiger partial charge in [0.1, 0.15) is 6.17 Å². The lowest BCUT2D eigenvalue weighted by Gasteiger charge is -2.31. The molecule has 0 rings (SSSR count). The van der Waals surface area contributed by atoms with Crippen LogP contribution in [0.4, 0.5) is 4.39 Å². The van der Waals surface area contributed by atoms with E-state index >= 15 is 0 Å². The molecule has 0 saturated carbocycles. The molecule has 62 valence electrons. The van der Waals surface area contributed by atoms with Crippen LogP contribution in [0.3, 0.4) is 0 Å². The van der Waals surface area contributed by atoms with Crippen LogP contribution in [-0.4, -0.2) is 18.9 Å². The molecule has 0 aliphatic heterocycles. The van der Waals surface area contributed by atoms with Crippen molar-refractivity contribution in [2.75, 3.05) is 7.11 Å². The number of halogens is 1. The highest BCUT2D eigenvalue weighted by Gasteiger charge is 2.29. The van der Waals surface area contributed by atoms with E-state index in [1.54, 1.807) is 14.0 Å². The lowest BCUT2D eigenvalue weighted by molar-refractivity contribution is -0.0448. The summed E-state index contributed by atoms with van der Waals surface area (Å²) in [5, 5.41) is 0. The summed E-state index contributed by atoms with van der Waals surface area (Å²) in [6, 6.07) is 0. The molecule has 0 radical (unpaired) electrons. The van der Waals surface area contributed by atoms with E-state index in [4.69, 9.17) is 4.74 Å². The summed E-state index contributed by atoms with van der Waals surface area (Å²) in [4.78, 5) is 0. The summed E-state index contributed by atoms with van der Waals surface area (Å²) in [7, 11) is 1.61. The Hall–Kier alpha value is -0.110. The normalized spacial score (nSPS) is 18.6. The third-order valence-electron chi connectivity index (χ3n) is 2.31. The van der Waals surface area contributed by atoms with Crippen LogP contribution in [0.2, 0.25) is 0 Å². The molecule has 0 fully saturated rings. The number of ether oxygens (including phenoxy) is 1. The Morgan fingerprint density at radius 3 is 1.80 bits per heavy atom. The van der Waals surface area contributed by atoms with Crippen LogP contribution in [0, 0.1) is 5.92 Å². The lowest BCUT2D eigenvalue weighted by atomic mass is 9.89. The van der Waals surface area contributed by atoms with Gasteiger partial charge in [0.05, 0.1) is 5.60 Å². The summed E-state index contributed by atoms with van der Waals surface area (Å²) < 4.78 is 17.8. The maximum absolute atomic E-state index is 12.7. The van der Waals surface area contributed by atoms with Crippen molar-refractivity contribution in [3.8, 4) is 0 Å². The number of alkyl halides is 1. The van der Waals surface area contributed by atoms with Gasteiger partial charge in [-0.2, -0.15) is 0 Å². The summed E-state index contributed by atoms with van der Waals surface area (Å²) in [6.07, 6.45) is -0.810. The molecule has 0 heterocycles. The Balaban J connectivity index is 4.03. The minimum atomic E-state index is -0.810. The fraction of sp³-hybridized carbons (Fsp3) is 1.00. The second-order valence-corrected chi connectivity index (χ2v) is 3.27. The zero-order chi connectivity index (χ0) is 8.36. The standard InChI is InChI=1S/C8H17FO/c1-6(7(2)9)8(3,4)10-5/h6-7H,1-5H3. The number of methoxy groups -OCH3 is 1. The highest BCUT2D eigenvalue weighted by molar-refractivity contribution is 4.79. The molecule has 0 aliphatic carbocycles. The lowest BCUT2D eigenvalue weighted by Crippen LogP contribution is -2.36. The predicted molar refractivity (Wildman–Crippen MR) is 40.8 cm³/mol. The van der Waals surface area contributed by atoms with Gasteiger partial charge < -0.3 is 4.74 Å². The van der Waals surface area contributed by atoms with Crippen LogP contribution in [0.25, 0.3) is 0 Å². The van der Waals surface area contributed by atoms with Gasteiger partial charge in [-0.05, 0) is 20.8 Å². The Morgan fingerprint density at radius 2 is 1.70 bits per heavy atom. The molecule has 2 heteroatoms. The maximum atomic E-state index is 12.7. The molecular weight excluding hydrogens is 131 g/mol. The molecule has 10 heavy (non-hydrogen) atoms. The average Bonchev–Trinajstić information content (AvgIpc) is 1.86. The number of rotatable bonds is 3. The van der Waals surface area contributed by atoms with Gasteiger partial charge in [-0.1, -0.05) is 6.92 Å². The fourth-order valence-corrected chi connectivity index (χ4v) is 0.739. The molecule has 0 aromatic heterocycles. The van der Waals surface area contributed by atoms with Crippen molar-refractivity contribution >= 4 is 0 Å². The van der Waals surface area contributed by atoms with Crippen molar-refractivity contribution in [2.45, 2.75) is 39.5 Å². The van der Waals surface area contributed by atoms with Gasteiger partial charge >= 0.3 is 0 Å². The molecule has 1 nitrogen and oxygen atoms in total. The quantitative estimate of drug-likeness (QED) is 0.597. The van der Waals surface area contributed by atoms with E-state index in [-0.39, 0.29) is 11.5 Å². The van der Waals surface area contributed by atoms with Crippen molar-refractivity contribution in [1.82, 2.24) is 0 Å². The second-order valence-electron chi connectivity index (χ2n) is 3.27. The minimum absolute atomic E-state index is 0.0579. The first-order valence-corrected chi connectivity index (χ1v) is 3.61. The van der Waals surface area contributed by atoms with Gasteiger partial charge in [-0.3, -0.25) is 0 Å². The van der Waals surface area contributed by atoms with Gasteiger partial charge in [0.15, 0.2) is 0 Å². The third-order valence-corrected chi connectivity index (χ3v) is 2.31. The van der Waals surface area contributed by atoms with E-state index in [0.717, 1.165) is 0 Å². The van der Waals surface area contributed by atoms with Crippen LogP contribution in [0.1, 0.15) is 27.7 Å². The molecular formula is C8H17FO. The monoisotopic (exact) mass is 148 g/mol. The van der Waals surface area contributed by atoms with Crippen molar-refractivity contribution in [1.29, 1.82) is 0 Å².